The van der Waals surface area contributed by atoms with Crippen molar-refractivity contribution in [3.63, 3.8) is 0 Å². The fraction of sp³-hybridized carbons (Fsp3) is 0. The van der Waals surface area contributed by atoms with Crippen LogP contribution in [0.4, 0.5) is 0 Å². The summed E-state index contributed by atoms with van der Waals surface area (Å²) in [7, 11) is 0. The Morgan fingerprint density at radius 1 is 0.500 bits per heavy atom. The average molecular weight is 220 g/mol. The van der Waals surface area contributed by atoms with Crippen molar-refractivity contribution >= 4 is 29.6 Å². The summed E-state index contributed by atoms with van der Waals surface area (Å²) in [5.74, 6) is 0. The van der Waals surface area contributed by atoms with E-state index in [2.05, 4.69) is 0 Å². The van der Waals surface area contributed by atoms with Crippen molar-refractivity contribution < 1.29 is 58.4 Å². The zero-order chi connectivity index (χ0) is 0. The molecule has 0 bridgehead atoms. The molecule has 0 aliphatic heterocycles. The Balaban J connectivity index is 0. The van der Waals surface area contributed by atoms with Crippen molar-refractivity contribution in [3.05, 3.63) is 0 Å². The molecule has 0 saturated heterocycles. The van der Waals surface area contributed by atoms with Gasteiger partial charge in [0.1, 0.15) is 0 Å². The van der Waals surface area contributed by atoms with E-state index in [4.69, 9.17) is 0 Å². The molecular formula is HNaZn3. The van der Waals surface area contributed by atoms with Gasteiger partial charge in [-0.2, -0.15) is 0 Å². The summed E-state index contributed by atoms with van der Waals surface area (Å²) < 4.78 is 0. The van der Waals surface area contributed by atoms with Crippen LogP contribution < -0.4 is 0 Å². The minimum absolute atomic E-state index is 0. The Kier molecular flexibility index (Phi) is 121. The Bertz CT molecular complexity index is 3.25. The second-order valence-corrected chi connectivity index (χ2v) is 0. The van der Waals surface area contributed by atoms with Crippen LogP contribution >= 0.6 is 0 Å². The van der Waals surface area contributed by atoms with Crippen LogP contribution in [0, 0.1) is 0 Å². The van der Waals surface area contributed by atoms with E-state index in [0.29, 0.717) is 0 Å². The zero-order valence-electron chi connectivity index (χ0n) is 2.12. The molecule has 0 aromatic carbocycles. The minimum Gasteiger partial charge on any atom is 0 e. The first-order valence-corrected chi connectivity index (χ1v) is 0. The Labute approximate surface area is 86.4 Å². The molecular weight excluding hydrogens is 219 g/mol. The predicted molar refractivity (Wildman–Crippen MR) is 7.15 cm³/mol. The maximum Gasteiger partial charge on any atom is 0 e. The molecule has 4 heteroatoms. The average Bonchev–Trinajstić information content (AvgIpc) is 0. The molecule has 0 aliphatic carbocycles. The van der Waals surface area contributed by atoms with Crippen molar-refractivity contribution in [2.24, 2.45) is 0 Å². The van der Waals surface area contributed by atoms with Crippen molar-refractivity contribution in [3.8, 4) is 0 Å². The van der Waals surface area contributed by atoms with Gasteiger partial charge in [-0.3, -0.25) is 0 Å². The van der Waals surface area contributed by atoms with Gasteiger partial charge in [0.25, 0.3) is 0 Å². The smallest absolute Gasteiger partial charge is 0 e. The third-order valence-electron chi connectivity index (χ3n) is 0. The molecule has 0 heterocycles. The van der Waals surface area contributed by atoms with E-state index in [1.54, 1.807) is 0 Å². The van der Waals surface area contributed by atoms with Crippen LogP contribution in [0.5, 0.6) is 0 Å². The fourth-order valence-corrected chi connectivity index (χ4v) is 0. The maximum absolute atomic E-state index is 0. The third-order valence-corrected chi connectivity index (χ3v) is 0. The minimum atomic E-state index is 0. The van der Waals surface area contributed by atoms with Gasteiger partial charge >= 0.3 is 29.6 Å². The second kappa shape index (κ2) is 16.9. The van der Waals surface area contributed by atoms with Gasteiger partial charge in [0, 0.05) is 58.4 Å². The van der Waals surface area contributed by atoms with Gasteiger partial charge in [-0.15, -0.1) is 0 Å². The first kappa shape index (κ1) is 28.7. The molecule has 0 amide bonds. The molecule has 0 unspecified atom stereocenters. The van der Waals surface area contributed by atoms with Crippen LogP contribution in [-0.4, -0.2) is 29.6 Å². The van der Waals surface area contributed by atoms with E-state index in [-0.39, 0.29) is 88.0 Å². The van der Waals surface area contributed by atoms with Crippen molar-refractivity contribution in [1.82, 2.24) is 0 Å². The van der Waals surface area contributed by atoms with Gasteiger partial charge < -0.3 is 0 Å². The molecule has 0 N–H and O–H groups in total. The SMILES string of the molecule is [NaH].[Zn].[Zn].[Zn]. The standard InChI is InChI=1S/Na.3Zn.H. The summed E-state index contributed by atoms with van der Waals surface area (Å²) in [6.45, 7) is 0. The van der Waals surface area contributed by atoms with E-state index in [1.807, 2.05) is 0 Å². The van der Waals surface area contributed by atoms with Gasteiger partial charge in [0.05, 0.1) is 0 Å². The van der Waals surface area contributed by atoms with E-state index < -0.39 is 0 Å². The van der Waals surface area contributed by atoms with E-state index in [1.165, 1.54) is 0 Å². The number of rotatable bonds is 0. The summed E-state index contributed by atoms with van der Waals surface area (Å²) in [4.78, 5) is 0. The normalized spacial score (nSPS) is 0. The first-order chi connectivity index (χ1) is 0. The molecule has 0 fully saturated rings. The van der Waals surface area contributed by atoms with Crippen LogP contribution in [0.2, 0.25) is 0 Å². The molecule has 0 nitrogen and oxygen atoms in total. The summed E-state index contributed by atoms with van der Waals surface area (Å²) in [5, 5.41) is 0. The molecule has 8 valence electrons. The molecule has 0 atom stereocenters. The van der Waals surface area contributed by atoms with Crippen LogP contribution in [0.1, 0.15) is 0 Å². The molecule has 0 spiro atoms. The molecule has 0 saturated carbocycles. The first-order valence-electron chi connectivity index (χ1n) is 0. The van der Waals surface area contributed by atoms with Crippen LogP contribution in [-0.2, 0) is 58.4 Å². The molecule has 0 aromatic heterocycles. The van der Waals surface area contributed by atoms with Gasteiger partial charge in [-0.25, -0.2) is 0 Å². The zero-order valence-corrected chi connectivity index (χ0v) is 11.0. The van der Waals surface area contributed by atoms with Crippen molar-refractivity contribution in [2.75, 3.05) is 0 Å². The Hall–Kier alpha value is 2.87. The summed E-state index contributed by atoms with van der Waals surface area (Å²) in [5.41, 5.74) is 0. The maximum atomic E-state index is 0. The molecule has 0 aromatic rings. The Morgan fingerprint density at radius 3 is 0.500 bits per heavy atom. The predicted octanol–water partition coefficient (Wildman–Crippen LogP) is -0.656. The summed E-state index contributed by atoms with van der Waals surface area (Å²) in [6.07, 6.45) is 0. The quantitative estimate of drug-likeness (QED) is 0.476. The topological polar surface area (TPSA) is 0 Å². The Morgan fingerprint density at radius 2 is 0.500 bits per heavy atom. The van der Waals surface area contributed by atoms with Gasteiger partial charge in [0.15, 0.2) is 0 Å². The number of hydrogen-bond acceptors (Lipinski definition) is 0. The monoisotopic (exact) mass is 216 g/mol. The van der Waals surface area contributed by atoms with Crippen molar-refractivity contribution in [1.29, 1.82) is 0 Å². The molecule has 4 heavy (non-hydrogen) atoms. The van der Waals surface area contributed by atoms with Crippen molar-refractivity contribution in [2.45, 2.75) is 0 Å². The fourth-order valence-electron chi connectivity index (χ4n) is 0. The third kappa shape index (κ3) is 8.85. The van der Waals surface area contributed by atoms with E-state index >= 15 is 0 Å². The van der Waals surface area contributed by atoms with Gasteiger partial charge in [-0.1, -0.05) is 0 Å². The van der Waals surface area contributed by atoms with E-state index in [9.17, 15) is 0 Å². The van der Waals surface area contributed by atoms with Crippen LogP contribution in [0.15, 0.2) is 0 Å². The molecule has 0 radical (unpaired) electrons. The molecule has 0 aliphatic rings. The largest absolute Gasteiger partial charge is 0 e. The second-order valence-electron chi connectivity index (χ2n) is 0. The van der Waals surface area contributed by atoms with E-state index in [0.717, 1.165) is 0 Å². The summed E-state index contributed by atoms with van der Waals surface area (Å²) >= 11 is 0. The van der Waals surface area contributed by atoms with Crippen LogP contribution in [0.3, 0.4) is 0 Å². The van der Waals surface area contributed by atoms with Crippen LogP contribution in [0.25, 0.3) is 0 Å². The van der Waals surface area contributed by atoms with Gasteiger partial charge in [0.2, 0.25) is 0 Å². The van der Waals surface area contributed by atoms with Gasteiger partial charge in [-0.05, 0) is 0 Å². The molecule has 0 rings (SSSR count). The summed E-state index contributed by atoms with van der Waals surface area (Å²) in [6, 6.07) is 0. The number of hydrogen-bond donors (Lipinski definition) is 0.